The number of aromatic nitrogens is 1. The molecule has 1 aromatic heterocycles. The van der Waals surface area contributed by atoms with E-state index in [1.54, 1.807) is 6.20 Å². The predicted molar refractivity (Wildman–Crippen MR) is 37.3 cm³/mol. The first-order chi connectivity index (χ1) is 4.39. The van der Waals surface area contributed by atoms with Crippen LogP contribution in [0.3, 0.4) is 0 Å². The van der Waals surface area contributed by atoms with Gasteiger partial charge in [0.2, 0.25) is 0 Å². The number of nitrogens with zero attached hydrogens (tertiary/aromatic N) is 1. The van der Waals surface area contributed by atoms with E-state index >= 15 is 0 Å². The third-order valence-electron chi connectivity index (χ3n) is 0.813. The van der Waals surface area contributed by atoms with Gasteiger partial charge in [-0.25, -0.2) is 0 Å². The SMILES string of the molecule is Cc1ccccn1.NN. The van der Waals surface area contributed by atoms with Crippen LogP contribution in [0.15, 0.2) is 24.4 Å². The first kappa shape index (κ1) is 8.07. The molecule has 0 aromatic carbocycles. The van der Waals surface area contributed by atoms with Crippen molar-refractivity contribution in [1.29, 1.82) is 0 Å². The molecule has 4 N–H and O–H groups in total. The van der Waals surface area contributed by atoms with Crippen molar-refractivity contribution < 1.29 is 0 Å². The van der Waals surface area contributed by atoms with E-state index in [9.17, 15) is 0 Å². The molecule has 0 bridgehead atoms. The zero-order valence-corrected chi connectivity index (χ0v) is 5.41. The van der Waals surface area contributed by atoms with Crippen LogP contribution in [0, 0.1) is 6.92 Å². The summed E-state index contributed by atoms with van der Waals surface area (Å²) in [6, 6.07) is 5.86. The Bertz CT molecular complexity index is 138. The van der Waals surface area contributed by atoms with Gasteiger partial charge >= 0.3 is 0 Å². The number of aryl methyl sites for hydroxylation is 1. The Morgan fingerprint density at radius 2 is 2.00 bits per heavy atom. The predicted octanol–water partition coefficient (Wildman–Crippen LogP) is 0.209. The lowest BCUT2D eigenvalue weighted by Gasteiger charge is -1.82. The van der Waals surface area contributed by atoms with E-state index in [2.05, 4.69) is 16.7 Å². The Kier molecular flexibility index (Phi) is 4.67. The van der Waals surface area contributed by atoms with Gasteiger partial charge in [0.1, 0.15) is 0 Å². The van der Waals surface area contributed by atoms with Crippen LogP contribution in [-0.2, 0) is 0 Å². The van der Waals surface area contributed by atoms with Crippen molar-refractivity contribution in [3.05, 3.63) is 30.1 Å². The fourth-order valence-corrected chi connectivity index (χ4v) is 0.448. The average molecular weight is 125 g/mol. The highest BCUT2D eigenvalue weighted by molar-refractivity contribution is 4.99. The summed E-state index contributed by atoms with van der Waals surface area (Å²) < 4.78 is 0. The Morgan fingerprint density at radius 1 is 1.33 bits per heavy atom. The van der Waals surface area contributed by atoms with E-state index in [0.717, 1.165) is 5.69 Å². The minimum absolute atomic E-state index is 1.07. The number of hydrogen-bond acceptors (Lipinski definition) is 3. The Labute approximate surface area is 54.7 Å². The van der Waals surface area contributed by atoms with Crippen LogP contribution in [0.5, 0.6) is 0 Å². The lowest BCUT2D eigenvalue weighted by Crippen LogP contribution is -2.02. The van der Waals surface area contributed by atoms with E-state index < -0.39 is 0 Å². The molecule has 0 saturated carbocycles. The van der Waals surface area contributed by atoms with Crippen LogP contribution < -0.4 is 11.7 Å². The highest BCUT2D eigenvalue weighted by Crippen LogP contribution is 1.85. The smallest absolute Gasteiger partial charge is 0.0372 e. The molecule has 0 saturated heterocycles. The summed E-state index contributed by atoms with van der Waals surface area (Å²) in [5.74, 6) is 8.00. The Morgan fingerprint density at radius 3 is 2.22 bits per heavy atom. The summed E-state index contributed by atoms with van der Waals surface area (Å²) in [4.78, 5) is 3.98. The van der Waals surface area contributed by atoms with Crippen LogP contribution in [0.1, 0.15) is 5.69 Å². The largest absolute Gasteiger partial charge is 0.274 e. The van der Waals surface area contributed by atoms with Gasteiger partial charge in [-0.05, 0) is 19.1 Å². The molecule has 3 heteroatoms. The maximum Gasteiger partial charge on any atom is 0.0372 e. The molecule has 3 nitrogen and oxygen atoms in total. The summed E-state index contributed by atoms with van der Waals surface area (Å²) in [7, 11) is 0. The van der Waals surface area contributed by atoms with E-state index in [4.69, 9.17) is 0 Å². The maximum atomic E-state index is 4.00. The molecule has 1 rings (SSSR count). The monoisotopic (exact) mass is 125 g/mol. The normalized spacial score (nSPS) is 7.44. The standard InChI is InChI=1S/C6H7N.H4N2/c1-6-4-2-3-5-7-6;1-2/h2-5H,1H3;1-2H2. The number of hydrazine groups is 1. The summed E-state index contributed by atoms with van der Waals surface area (Å²) >= 11 is 0. The first-order valence-corrected chi connectivity index (χ1v) is 2.60. The fraction of sp³-hybridized carbons (Fsp3) is 0.167. The molecular weight excluding hydrogens is 114 g/mol. The topological polar surface area (TPSA) is 64.9 Å². The molecule has 0 aliphatic rings. The molecule has 0 spiro atoms. The Balaban J connectivity index is 0.000000291. The van der Waals surface area contributed by atoms with Gasteiger partial charge in [-0.1, -0.05) is 6.07 Å². The van der Waals surface area contributed by atoms with Crippen molar-refractivity contribution in [2.24, 2.45) is 11.7 Å². The number of pyridine rings is 1. The summed E-state index contributed by atoms with van der Waals surface area (Å²) in [6.45, 7) is 1.97. The second-order valence-electron chi connectivity index (χ2n) is 1.47. The van der Waals surface area contributed by atoms with Crippen molar-refractivity contribution in [3.8, 4) is 0 Å². The molecule has 50 valence electrons. The van der Waals surface area contributed by atoms with Gasteiger partial charge in [-0.15, -0.1) is 0 Å². The van der Waals surface area contributed by atoms with Crippen molar-refractivity contribution in [3.63, 3.8) is 0 Å². The maximum absolute atomic E-state index is 4.00. The summed E-state index contributed by atoms with van der Waals surface area (Å²) in [5, 5.41) is 0. The molecule has 0 amide bonds. The van der Waals surface area contributed by atoms with Crippen molar-refractivity contribution in [2.45, 2.75) is 6.92 Å². The molecule has 0 aliphatic heterocycles. The molecule has 1 aromatic rings. The molecule has 0 fully saturated rings. The van der Waals surface area contributed by atoms with E-state index in [1.165, 1.54) is 0 Å². The lowest BCUT2D eigenvalue weighted by molar-refractivity contribution is 1.20. The molecule has 1 heterocycles. The molecule has 0 unspecified atom stereocenters. The summed E-state index contributed by atoms with van der Waals surface area (Å²) in [6.07, 6.45) is 1.79. The van der Waals surface area contributed by atoms with Gasteiger partial charge in [-0.3, -0.25) is 16.7 Å². The van der Waals surface area contributed by atoms with Gasteiger partial charge in [0.25, 0.3) is 0 Å². The third kappa shape index (κ3) is 3.64. The average Bonchev–Trinajstić information content (AvgIpc) is 1.94. The molecular formula is C6H11N3. The molecule has 0 atom stereocenters. The summed E-state index contributed by atoms with van der Waals surface area (Å²) in [5.41, 5.74) is 1.07. The van der Waals surface area contributed by atoms with Gasteiger partial charge in [0, 0.05) is 11.9 Å². The third-order valence-corrected chi connectivity index (χ3v) is 0.813. The molecule has 0 aliphatic carbocycles. The zero-order valence-electron chi connectivity index (χ0n) is 5.41. The minimum atomic E-state index is 1.07. The van der Waals surface area contributed by atoms with E-state index in [1.807, 2.05) is 25.1 Å². The quantitative estimate of drug-likeness (QED) is 0.385. The van der Waals surface area contributed by atoms with Crippen LogP contribution in [-0.4, -0.2) is 4.98 Å². The number of rotatable bonds is 0. The minimum Gasteiger partial charge on any atom is -0.274 e. The van der Waals surface area contributed by atoms with E-state index in [0.29, 0.717) is 0 Å². The first-order valence-electron chi connectivity index (χ1n) is 2.60. The molecule has 0 radical (unpaired) electrons. The second-order valence-corrected chi connectivity index (χ2v) is 1.47. The second kappa shape index (κ2) is 5.21. The van der Waals surface area contributed by atoms with Gasteiger partial charge in [-0.2, -0.15) is 0 Å². The number of hydrogen-bond donors (Lipinski definition) is 2. The zero-order chi connectivity index (χ0) is 7.11. The van der Waals surface area contributed by atoms with Crippen LogP contribution in [0.2, 0.25) is 0 Å². The van der Waals surface area contributed by atoms with Crippen LogP contribution >= 0.6 is 0 Å². The van der Waals surface area contributed by atoms with Crippen LogP contribution in [0.4, 0.5) is 0 Å². The lowest BCUT2D eigenvalue weighted by atomic mass is 10.4. The van der Waals surface area contributed by atoms with Crippen molar-refractivity contribution in [2.75, 3.05) is 0 Å². The molecule has 9 heavy (non-hydrogen) atoms. The van der Waals surface area contributed by atoms with Gasteiger partial charge < -0.3 is 0 Å². The van der Waals surface area contributed by atoms with E-state index in [-0.39, 0.29) is 0 Å². The highest BCUT2D eigenvalue weighted by atomic mass is 15.0. The van der Waals surface area contributed by atoms with Gasteiger partial charge in [0.05, 0.1) is 0 Å². The fourth-order valence-electron chi connectivity index (χ4n) is 0.448. The number of nitrogens with two attached hydrogens (primary N) is 2. The van der Waals surface area contributed by atoms with Crippen LogP contribution in [0.25, 0.3) is 0 Å². The Hall–Kier alpha value is -0.930. The van der Waals surface area contributed by atoms with Crippen molar-refractivity contribution in [1.82, 2.24) is 4.98 Å². The van der Waals surface area contributed by atoms with Gasteiger partial charge in [0.15, 0.2) is 0 Å². The highest BCUT2D eigenvalue weighted by Gasteiger charge is 1.73. The van der Waals surface area contributed by atoms with Crippen molar-refractivity contribution >= 4 is 0 Å².